The van der Waals surface area contributed by atoms with Crippen LogP contribution in [0, 0.1) is 0 Å². The molecule has 2 rings (SSSR count). The molecule has 21 heavy (non-hydrogen) atoms. The van der Waals surface area contributed by atoms with Crippen molar-refractivity contribution in [3.05, 3.63) is 42.0 Å². The van der Waals surface area contributed by atoms with Gasteiger partial charge in [0.2, 0.25) is 0 Å². The fourth-order valence-electron chi connectivity index (χ4n) is 2.24. The van der Waals surface area contributed by atoms with E-state index in [1.54, 1.807) is 6.92 Å². The molecular weight excluding hydrogens is 264 g/mol. The maximum absolute atomic E-state index is 9.94. The normalized spacial score (nSPS) is 13.4. The molecule has 0 saturated heterocycles. The lowest BCUT2D eigenvalue weighted by Crippen LogP contribution is -2.22. The highest BCUT2D eigenvalue weighted by molar-refractivity contribution is 5.89. The third-order valence-corrected chi connectivity index (χ3v) is 3.22. The Balaban J connectivity index is 2.21. The molecule has 0 heterocycles. The topological polar surface area (TPSA) is 38.7 Å². The van der Waals surface area contributed by atoms with Crippen LogP contribution in [0.2, 0.25) is 0 Å². The minimum Gasteiger partial charge on any atom is -0.490 e. The molecule has 0 aliphatic rings. The van der Waals surface area contributed by atoms with Crippen LogP contribution >= 0.6 is 0 Å². The summed E-state index contributed by atoms with van der Waals surface area (Å²) in [6.45, 7) is 8.80. The molecule has 0 spiro atoms. The summed E-state index contributed by atoms with van der Waals surface area (Å²) in [4.78, 5) is 0. The molecule has 1 atom stereocenters. The molecule has 0 unspecified atom stereocenters. The number of hydrogen-bond acceptors (Lipinski definition) is 3. The van der Waals surface area contributed by atoms with Gasteiger partial charge in [0.25, 0.3) is 0 Å². The minimum absolute atomic E-state index is 0.171. The standard InChI is InChI=1S/C18H24O3/c1-13(19)15-10-9-14-7-5-6-8-16(14)17(15)20-11-12-21-18(2,3)4/h5-10,13,19H,11-12H2,1-4H3/t13-/m1/s1. The Morgan fingerprint density at radius 3 is 2.43 bits per heavy atom. The highest BCUT2D eigenvalue weighted by Crippen LogP contribution is 2.33. The van der Waals surface area contributed by atoms with Crippen molar-refractivity contribution in [2.75, 3.05) is 13.2 Å². The number of aliphatic hydroxyl groups excluding tert-OH is 1. The molecule has 114 valence electrons. The molecule has 0 amide bonds. The molecule has 2 aromatic carbocycles. The zero-order chi connectivity index (χ0) is 15.5. The SMILES string of the molecule is C[C@@H](O)c1ccc2ccccc2c1OCCOC(C)(C)C. The summed E-state index contributed by atoms with van der Waals surface area (Å²) in [5, 5.41) is 12.1. The smallest absolute Gasteiger partial charge is 0.133 e. The molecule has 0 fully saturated rings. The molecule has 1 N–H and O–H groups in total. The van der Waals surface area contributed by atoms with Crippen molar-refractivity contribution in [3.8, 4) is 5.75 Å². The van der Waals surface area contributed by atoms with E-state index in [2.05, 4.69) is 0 Å². The summed E-state index contributed by atoms with van der Waals surface area (Å²) in [6, 6.07) is 12.0. The Bertz CT molecular complexity index is 597. The van der Waals surface area contributed by atoms with Crippen LogP contribution in [-0.4, -0.2) is 23.9 Å². The molecule has 0 aliphatic heterocycles. The average molecular weight is 288 g/mol. The van der Waals surface area contributed by atoms with Gasteiger partial charge in [0.05, 0.1) is 18.3 Å². The maximum atomic E-state index is 9.94. The van der Waals surface area contributed by atoms with Crippen molar-refractivity contribution in [3.63, 3.8) is 0 Å². The third kappa shape index (κ3) is 4.19. The maximum Gasteiger partial charge on any atom is 0.133 e. The molecule has 0 aliphatic carbocycles. The van der Waals surface area contributed by atoms with Crippen molar-refractivity contribution < 1.29 is 14.6 Å². The summed E-state index contributed by atoms with van der Waals surface area (Å²) in [6.07, 6.45) is -0.562. The summed E-state index contributed by atoms with van der Waals surface area (Å²) >= 11 is 0. The van der Waals surface area contributed by atoms with Crippen molar-refractivity contribution >= 4 is 10.8 Å². The van der Waals surface area contributed by atoms with E-state index in [0.717, 1.165) is 22.1 Å². The van der Waals surface area contributed by atoms with Crippen LogP contribution in [0.3, 0.4) is 0 Å². The van der Waals surface area contributed by atoms with Crippen LogP contribution < -0.4 is 4.74 Å². The van der Waals surface area contributed by atoms with E-state index in [-0.39, 0.29) is 5.60 Å². The molecular formula is C18H24O3. The lowest BCUT2D eigenvalue weighted by molar-refractivity contribution is -0.0164. The lowest BCUT2D eigenvalue weighted by atomic mass is 10.0. The molecule has 3 heteroatoms. The van der Waals surface area contributed by atoms with Gasteiger partial charge in [-0.05, 0) is 33.1 Å². The first-order valence-electron chi connectivity index (χ1n) is 7.35. The molecule has 0 aromatic heterocycles. The summed E-state index contributed by atoms with van der Waals surface area (Å²) < 4.78 is 11.6. The lowest BCUT2D eigenvalue weighted by Gasteiger charge is -2.21. The third-order valence-electron chi connectivity index (χ3n) is 3.22. The first-order chi connectivity index (χ1) is 9.88. The van der Waals surface area contributed by atoms with Gasteiger partial charge in [0, 0.05) is 10.9 Å². The quantitative estimate of drug-likeness (QED) is 0.842. The predicted octanol–water partition coefficient (Wildman–Crippen LogP) is 4.09. The largest absolute Gasteiger partial charge is 0.490 e. The van der Waals surface area contributed by atoms with E-state index in [0.29, 0.717) is 13.2 Å². The summed E-state index contributed by atoms with van der Waals surface area (Å²) in [5.74, 6) is 0.751. The van der Waals surface area contributed by atoms with Crippen molar-refractivity contribution in [1.29, 1.82) is 0 Å². The Morgan fingerprint density at radius 1 is 1.05 bits per heavy atom. The van der Waals surface area contributed by atoms with Crippen molar-refractivity contribution in [2.24, 2.45) is 0 Å². The Kier molecular flexibility index (Phi) is 4.86. The number of ether oxygens (including phenoxy) is 2. The van der Waals surface area contributed by atoms with Crippen molar-refractivity contribution in [1.82, 2.24) is 0 Å². The van der Waals surface area contributed by atoms with E-state index in [4.69, 9.17) is 9.47 Å². The summed E-state index contributed by atoms with van der Waals surface area (Å²) in [7, 11) is 0. The molecule has 3 nitrogen and oxygen atoms in total. The van der Waals surface area contributed by atoms with Gasteiger partial charge in [-0.1, -0.05) is 36.4 Å². The van der Waals surface area contributed by atoms with Gasteiger partial charge in [-0.25, -0.2) is 0 Å². The minimum atomic E-state index is -0.562. The second kappa shape index (κ2) is 6.46. The number of hydrogen-bond donors (Lipinski definition) is 1. The number of benzene rings is 2. The van der Waals surface area contributed by atoms with Gasteiger partial charge in [-0.2, -0.15) is 0 Å². The zero-order valence-electron chi connectivity index (χ0n) is 13.2. The van der Waals surface area contributed by atoms with Crippen LogP contribution in [0.15, 0.2) is 36.4 Å². The van der Waals surface area contributed by atoms with Gasteiger partial charge in [0.1, 0.15) is 12.4 Å². The predicted molar refractivity (Wildman–Crippen MR) is 85.8 cm³/mol. The van der Waals surface area contributed by atoms with Gasteiger partial charge < -0.3 is 14.6 Å². The Morgan fingerprint density at radius 2 is 1.76 bits per heavy atom. The fourth-order valence-corrected chi connectivity index (χ4v) is 2.24. The van der Waals surface area contributed by atoms with E-state index in [1.165, 1.54) is 0 Å². The van der Waals surface area contributed by atoms with Crippen LogP contribution in [0.1, 0.15) is 39.4 Å². The number of rotatable bonds is 5. The first-order valence-corrected chi connectivity index (χ1v) is 7.35. The molecule has 0 saturated carbocycles. The Hall–Kier alpha value is -1.58. The fraction of sp³-hybridized carbons (Fsp3) is 0.444. The van der Waals surface area contributed by atoms with E-state index in [9.17, 15) is 5.11 Å². The van der Waals surface area contributed by atoms with Crippen molar-refractivity contribution in [2.45, 2.75) is 39.4 Å². The number of aliphatic hydroxyl groups is 1. The monoisotopic (exact) mass is 288 g/mol. The van der Waals surface area contributed by atoms with Crippen LogP contribution in [0.25, 0.3) is 10.8 Å². The van der Waals surface area contributed by atoms with Gasteiger partial charge >= 0.3 is 0 Å². The van der Waals surface area contributed by atoms with Crippen LogP contribution in [0.4, 0.5) is 0 Å². The van der Waals surface area contributed by atoms with E-state index in [1.807, 2.05) is 57.2 Å². The van der Waals surface area contributed by atoms with Gasteiger partial charge in [0.15, 0.2) is 0 Å². The van der Waals surface area contributed by atoms with Gasteiger partial charge in [-0.3, -0.25) is 0 Å². The molecule has 2 aromatic rings. The molecule has 0 radical (unpaired) electrons. The van der Waals surface area contributed by atoms with Crippen LogP contribution in [0.5, 0.6) is 5.75 Å². The number of fused-ring (bicyclic) bond motifs is 1. The second-order valence-corrected chi connectivity index (χ2v) is 6.19. The van der Waals surface area contributed by atoms with E-state index >= 15 is 0 Å². The highest BCUT2D eigenvalue weighted by Gasteiger charge is 2.14. The summed E-state index contributed by atoms with van der Waals surface area (Å²) in [5.41, 5.74) is 0.638. The van der Waals surface area contributed by atoms with Crippen LogP contribution in [-0.2, 0) is 4.74 Å². The zero-order valence-corrected chi connectivity index (χ0v) is 13.2. The average Bonchev–Trinajstić information content (AvgIpc) is 2.42. The Labute approximate surface area is 126 Å². The molecule has 0 bridgehead atoms. The van der Waals surface area contributed by atoms with E-state index < -0.39 is 6.10 Å². The van der Waals surface area contributed by atoms with Gasteiger partial charge in [-0.15, -0.1) is 0 Å². The second-order valence-electron chi connectivity index (χ2n) is 6.19. The highest BCUT2D eigenvalue weighted by atomic mass is 16.5. The first kappa shape index (κ1) is 15.8.